The number of carbonyl (C=O) groups excluding carboxylic acids is 1. The number of carboxylic acids is 1. The molecular weight excluding hydrogens is 272 g/mol. The summed E-state index contributed by atoms with van der Waals surface area (Å²) in [7, 11) is 0. The fraction of sp³-hybridized carbons (Fsp3) is 0.867. The van der Waals surface area contributed by atoms with E-state index in [0.29, 0.717) is 19.6 Å². The van der Waals surface area contributed by atoms with E-state index in [2.05, 4.69) is 10.6 Å². The smallest absolute Gasteiger partial charge is 0.315 e. The molecule has 1 saturated carbocycles. The molecule has 0 radical (unpaired) electrons. The molecule has 2 unspecified atom stereocenters. The minimum Gasteiger partial charge on any atom is -0.481 e. The standard InChI is InChI=1S/C15H28N2O4/c1-11(14(18)19)4-3-5-12(2)17-15(20)16-8-9-21-10-13-6-7-13/h11-13H,3-10H2,1-2H3,(H,18,19)(H2,16,17,20). The van der Waals surface area contributed by atoms with Crippen LogP contribution in [0.2, 0.25) is 0 Å². The lowest BCUT2D eigenvalue weighted by Gasteiger charge is -2.15. The van der Waals surface area contributed by atoms with Crippen LogP contribution in [0, 0.1) is 11.8 Å². The number of ether oxygens (including phenoxy) is 1. The Hall–Kier alpha value is -1.30. The Balaban J connectivity index is 1.95. The van der Waals surface area contributed by atoms with Crippen molar-refractivity contribution >= 4 is 12.0 Å². The lowest BCUT2D eigenvalue weighted by atomic mass is 10.0. The Morgan fingerprint density at radius 2 is 2.00 bits per heavy atom. The fourth-order valence-electron chi connectivity index (χ4n) is 1.97. The normalized spacial score (nSPS) is 17.0. The lowest BCUT2D eigenvalue weighted by Crippen LogP contribution is -2.42. The summed E-state index contributed by atoms with van der Waals surface area (Å²) in [5, 5.41) is 14.4. The van der Waals surface area contributed by atoms with Gasteiger partial charge in [-0.3, -0.25) is 4.79 Å². The van der Waals surface area contributed by atoms with Crippen molar-refractivity contribution < 1.29 is 19.4 Å². The number of hydrogen-bond acceptors (Lipinski definition) is 3. The van der Waals surface area contributed by atoms with E-state index in [1.165, 1.54) is 12.8 Å². The van der Waals surface area contributed by atoms with Gasteiger partial charge in [-0.1, -0.05) is 13.3 Å². The molecule has 2 atom stereocenters. The monoisotopic (exact) mass is 300 g/mol. The van der Waals surface area contributed by atoms with Crippen LogP contribution in [-0.2, 0) is 9.53 Å². The zero-order chi connectivity index (χ0) is 15.7. The molecule has 2 amide bonds. The Morgan fingerprint density at radius 3 is 2.62 bits per heavy atom. The molecule has 1 aliphatic rings. The Labute approximate surface area is 126 Å². The van der Waals surface area contributed by atoms with E-state index in [4.69, 9.17) is 9.84 Å². The number of urea groups is 1. The first-order chi connectivity index (χ1) is 9.99. The largest absolute Gasteiger partial charge is 0.481 e. The molecule has 0 aromatic heterocycles. The molecule has 3 N–H and O–H groups in total. The van der Waals surface area contributed by atoms with Crippen molar-refractivity contribution in [2.75, 3.05) is 19.8 Å². The van der Waals surface area contributed by atoms with Crippen LogP contribution in [0.5, 0.6) is 0 Å². The molecule has 6 heteroatoms. The second-order valence-electron chi connectivity index (χ2n) is 5.99. The van der Waals surface area contributed by atoms with E-state index in [-0.39, 0.29) is 18.0 Å². The minimum absolute atomic E-state index is 0.0402. The number of hydrogen-bond donors (Lipinski definition) is 3. The van der Waals surface area contributed by atoms with Crippen molar-refractivity contribution in [3.63, 3.8) is 0 Å². The van der Waals surface area contributed by atoms with Gasteiger partial charge in [-0.2, -0.15) is 0 Å². The fourth-order valence-corrected chi connectivity index (χ4v) is 1.97. The molecule has 0 saturated heterocycles. The SMILES string of the molecule is CC(CCCC(C)C(=O)O)NC(=O)NCCOCC1CC1. The van der Waals surface area contributed by atoms with Crippen molar-refractivity contribution in [3.8, 4) is 0 Å². The molecule has 6 nitrogen and oxygen atoms in total. The van der Waals surface area contributed by atoms with Crippen LogP contribution >= 0.6 is 0 Å². The first-order valence-electron chi connectivity index (χ1n) is 7.84. The first kappa shape index (κ1) is 17.8. The first-order valence-corrected chi connectivity index (χ1v) is 7.84. The van der Waals surface area contributed by atoms with Gasteiger partial charge < -0.3 is 20.5 Å². The van der Waals surface area contributed by atoms with Crippen LogP contribution in [0.1, 0.15) is 46.0 Å². The Bertz CT molecular complexity index is 332. The third-order valence-corrected chi connectivity index (χ3v) is 3.66. The van der Waals surface area contributed by atoms with E-state index in [1.54, 1.807) is 6.92 Å². The summed E-state index contributed by atoms with van der Waals surface area (Å²) in [6.07, 6.45) is 4.75. The van der Waals surface area contributed by atoms with E-state index in [1.807, 2.05) is 6.92 Å². The number of amides is 2. The van der Waals surface area contributed by atoms with Crippen molar-refractivity contribution in [2.45, 2.75) is 52.0 Å². The topological polar surface area (TPSA) is 87.7 Å². The maximum Gasteiger partial charge on any atom is 0.315 e. The quantitative estimate of drug-likeness (QED) is 0.509. The number of nitrogens with one attached hydrogen (secondary N) is 2. The lowest BCUT2D eigenvalue weighted by molar-refractivity contribution is -0.141. The highest BCUT2D eigenvalue weighted by Gasteiger charge is 2.20. The molecule has 21 heavy (non-hydrogen) atoms. The summed E-state index contributed by atoms with van der Waals surface area (Å²) < 4.78 is 5.43. The molecule has 0 aromatic rings. The van der Waals surface area contributed by atoms with Gasteiger partial charge in [0.25, 0.3) is 0 Å². The van der Waals surface area contributed by atoms with Crippen molar-refractivity contribution in [2.24, 2.45) is 11.8 Å². The number of carboxylic acid groups (broad SMARTS) is 1. The maximum absolute atomic E-state index is 11.6. The van der Waals surface area contributed by atoms with Gasteiger partial charge in [0.05, 0.1) is 12.5 Å². The van der Waals surface area contributed by atoms with E-state index in [9.17, 15) is 9.59 Å². The average Bonchev–Trinajstić information content (AvgIpc) is 3.22. The van der Waals surface area contributed by atoms with Gasteiger partial charge in [-0.25, -0.2) is 4.79 Å². The summed E-state index contributed by atoms with van der Waals surface area (Å²) in [5.41, 5.74) is 0. The van der Waals surface area contributed by atoms with Gasteiger partial charge in [0.2, 0.25) is 0 Å². The molecule has 1 aliphatic carbocycles. The van der Waals surface area contributed by atoms with Crippen LogP contribution in [0.25, 0.3) is 0 Å². The summed E-state index contributed by atoms with van der Waals surface area (Å²) in [6, 6.07) is -0.151. The molecule has 0 spiro atoms. The Kier molecular flexibility index (Phi) is 8.12. The predicted molar refractivity (Wildman–Crippen MR) is 80.2 cm³/mol. The van der Waals surface area contributed by atoms with Crippen LogP contribution < -0.4 is 10.6 Å². The van der Waals surface area contributed by atoms with Crippen LogP contribution in [-0.4, -0.2) is 42.9 Å². The van der Waals surface area contributed by atoms with Gasteiger partial charge in [0.15, 0.2) is 0 Å². The second-order valence-corrected chi connectivity index (χ2v) is 5.99. The molecule has 0 aliphatic heterocycles. The van der Waals surface area contributed by atoms with Gasteiger partial charge in [-0.05, 0) is 38.5 Å². The van der Waals surface area contributed by atoms with E-state index in [0.717, 1.165) is 25.4 Å². The highest BCUT2D eigenvalue weighted by molar-refractivity contribution is 5.74. The van der Waals surface area contributed by atoms with E-state index < -0.39 is 5.97 Å². The third-order valence-electron chi connectivity index (χ3n) is 3.66. The van der Waals surface area contributed by atoms with Crippen molar-refractivity contribution in [1.29, 1.82) is 0 Å². The Morgan fingerprint density at radius 1 is 1.29 bits per heavy atom. The third kappa shape index (κ3) is 9.28. The zero-order valence-electron chi connectivity index (χ0n) is 13.1. The molecule has 1 fully saturated rings. The van der Waals surface area contributed by atoms with Gasteiger partial charge in [-0.15, -0.1) is 0 Å². The average molecular weight is 300 g/mol. The second kappa shape index (κ2) is 9.60. The van der Waals surface area contributed by atoms with E-state index >= 15 is 0 Å². The summed E-state index contributed by atoms with van der Waals surface area (Å²) in [4.78, 5) is 22.3. The van der Waals surface area contributed by atoms with Gasteiger partial charge in [0, 0.05) is 19.2 Å². The molecule has 0 bridgehead atoms. The molecular formula is C15H28N2O4. The summed E-state index contributed by atoms with van der Waals surface area (Å²) >= 11 is 0. The van der Waals surface area contributed by atoms with Crippen molar-refractivity contribution in [1.82, 2.24) is 10.6 Å². The minimum atomic E-state index is -0.764. The number of aliphatic carboxylic acids is 1. The highest BCUT2D eigenvalue weighted by atomic mass is 16.5. The predicted octanol–water partition coefficient (Wildman–Crippen LogP) is 1.99. The van der Waals surface area contributed by atoms with Crippen LogP contribution in [0.3, 0.4) is 0 Å². The summed E-state index contributed by atoms with van der Waals surface area (Å²) in [6.45, 7) is 5.50. The molecule has 1 rings (SSSR count). The number of carbonyl (C=O) groups is 2. The maximum atomic E-state index is 11.6. The molecule has 0 heterocycles. The zero-order valence-corrected chi connectivity index (χ0v) is 13.1. The van der Waals surface area contributed by atoms with Gasteiger partial charge in [0.1, 0.15) is 0 Å². The van der Waals surface area contributed by atoms with Crippen LogP contribution in [0.4, 0.5) is 4.79 Å². The van der Waals surface area contributed by atoms with Crippen molar-refractivity contribution in [3.05, 3.63) is 0 Å². The highest BCUT2D eigenvalue weighted by Crippen LogP contribution is 2.28. The molecule has 122 valence electrons. The number of rotatable bonds is 11. The van der Waals surface area contributed by atoms with Gasteiger partial charge >= 0.3 is 12.0 Å². The van der Waals surface area contributed by atoms with Crippen LogP contribution in [0.15, 0.2) is 0 Å². The molecule has 0 aromatic carbocycles. The summed E-state index contributed by atoms with van der Waals surface area (Å²) in [5.74, 6) is -0.346.